The van der Waals surface area contributed by atoms with Crippen molar-refractivity contribution in [3.63, 3.8) is 0 Å². The second-order valence-electron chi connectivity index (χ2n) is 11.6. The summed E-state index contributed by atoms with van der Waals surface area (Å²) in [5.41, 5.74) is 1.74. The molecule has 2 aromatic rings. The van der Waals surface area contributed by atoms with Gasteiger partial charge in [-0.05, 0) is 110 Å². The van der Waals surface area contributed by atoms with E-state index in [1.54, 1.807) is 36.4 Å². The van der Waals surface area contributed by atoms with Crippen LogP contribution in [0, 0.1) is 30.1 Å². The van der Waals surface area contributed by atoms with Crippen molar-refractivity contribution in [1.29, 1.82) is 0 Å². The minimum atomic E-state index is -0.536. The van der Waals surface area contributed by atoms with Crippen molar-refractivity contribution in [2.24, 2.45) is 23.2 Å². The van der Waals surface area contributed by atoms with E-state index in [1.165, 1.54) is 26.4 Å². The quantitative estimate of drug-likeness (QED) is 0.259. The van der Waals surface area contributed by atoms with E-state index in [4.69, 9.17) is 9.47 Å². The summed E-state index contributed by atoms with van der Waals surface area (Å²) in [4.78, 5) is 52.7. The Hall–Kier alpha value is -3.59. The summed E-state index contributed by atoms with van der Waals surface area (Å²) in [7, 11) is 1.50. The Balaban J connectivity index is 1.13. The number of hydrogen-bond acceptors (Lipinski definition) is 7. The number of amides is 3. The normalized spacial score (nSPS) is 27.8. The highest BCUT2D eigenvalue weighted by Gasteiger charge is 2.55. The number of esters is 1. The number of benzene rings is 2. The molecule has 3 amide bonds. The smallest absolute Gasteiger partial charge is 0.317 e. The van der Waals surface area contributed by atoms with Gasteiger partial charge in [-0.25, -0.2) is 0 Å². The molecule has 5 aliphatic rings. The van der Waals surface area contributed by atoms with Crippen LogP contribution >= 0.6 is 11.8 Å². The van der Waals surface area contributed by atoms with Gasteiger partial charge in [0.2, 0.25) is 5.91 Å². The van der Waals surface area contributed by atoms with E-state index in [1.807, 2.05) is 19.1 Å². The Morgan fingerprint density at radius 3 is 2.35 bits per heavy atom. The monoisotopic (exact) mass is 560 g/mol. The first-order valence-corrected chi connectivity index (χ1v) is 14.6. The lowest BCUT2D eigenvalue weighted by atomic mass is 9.49. The average molecular weight is 561 g/mol. The second kappa shape index (κ2) is 10.4. The van der Waals surface area contributed by atoms with Crippen molar-refractivity contribution in [2.45, 2.75) is 45.4 Å². The fourth-order valence-electron chi connectivity index (χ4n) is 7.26. The van der Waals surface area contributed by atoms with Crippen LogP contribution < -0.4 is 14.8 Å². The van der Waals surface area contributed by atoms with Gasteiger partial charge in [0, 0.05) is 5.69 Å². The van der Waals surface area contributed by atoms with E-state index in [9.17, 15) is 19.2 Å². The molecule has 1 N–H and O–H groups in total. The summed E-state index contributed by atoms with van der Waals surface area (Å²) in [6.07, 6.45) is 8.05. The third-order valence-corrected chi connectivity index (χ3v) is 9.66. The number of thioether (sulfide) groups is 1. The first-order chi connectivity index (χ1) is 19.2. The van der Waals surface area contributed by atoms with Crippen LogP contribution in [0.1, 0.15) is 49.7 Å². The first-order valence-electron chi connectivity index (χ1n) is 13.7. The zero-order valence-electron chi connectivity index (χ0n) is 22.6. The van der Waals surface area contributed by atoms with Gasteiger partial charge in [0.05, 0.1) is 17.4 Å². The second-order valence-corrected chi connectivity index (χ2v) is 12.6. The van der Waals surface area contributed by atoms with Crippen LogP contribution in [-0.2, 0) is 14.4 Å². The van der Waals surface area contributed by atoms with Gasteiger partial charge in [0.25, 0.3) is 11.1 Å². The van der Waals surface area contributed by atoms with Gasteiger partial charge in [-0.15, -0.1) is 0 Å². The van der Waals surface area contributed by atoms with Crippen molar-refractivity contribution < 1.29 is 28.7 Å². The molecular formula is C31H32N2O6S. The standard InChI is InChI=1S/C31H32N2O6S/c1-18-5-3-4-6-23(18)32-27(34)17-33-28(35)26(40-30(33)37)13-19-7-8-24(25(12-19)38-2)39-29(36)31-14-20-9-21(15-31)11-22(10-20)16-31/h3-8,12-13,20-22H,9-11,14-17H2,1-2H3,(H,32,34)/b26-13-. The number of nitrogens with zero attached hydrogens (tertiary/aromatic N) is 1. The molecule has 40 heavy (non-hydrogen) atoms. The fourth-order valence-corrected chi connectivity index (χ4v) is 8.10. The van der Waals surface area contributed by atoms with E-state index in [2.05, 4.69) is 5.32 Å². The van der Waals surface area contributed by atoms with E-state index in [0.29, 0.717) is 40.5 Å². The van der Waals surface area contributed by atoms with Crippen LogP contribution in [0.4, 0.5) is 10.5 Å². The molecule has 1 heterocycles. The number of nitrogens with one attached hydrogen (secondary N) is 1. The molecule has 4 aliphatic carbocycles. The van der Waals surface area contributed by atoms with E-state index in [0.717, 1.165) is 41.5 Å². The minimum absolute atomic E-state index is 0.164. The molecule has 4 bridgehead atoms. The number of anilines is 1. The summed E-state index contributed by atoms with van der Waals surface area (Å²) in [6, 6.07) is 12.4. The fraction of sp³-hybridized carbons (Fsp3) is 0.419. The summed E-state index contributed by atoms with van der Waals surface area (Å²) in [5.74, 6) is 1.47. The van der Waals surface area contributed by atoms with Crippen LogP contribution in [0.2, 0.25) is 0 Å². The minimum Gasteiger partial charge on any atom is -0.493 e. The zero-order chi connectivity index (χ0) is 28.0. The number of methoxy groups -OCH3 is 1. The maximum atomic E-state index is 13.4. The molecule has 1 saturated heterocycles. The lowest BCUT2D eigenvalue weighted by Gasteiger charge is -2.55. The number of hydrogen-bond donors (Lipinski definition) is 1. The molecule has 1 aliphatic heterocycles. The van der Waals surface area contributed by atoms with Gasteiger partial charge in [-0.1, -0.05) is 24.3 Å². The molecule has 0 atom stereocenters. The molecule has 2 aromatic carbocycles. The highest BCUT2D eigenvalue weighted by atomic mass is 32.2. The average Bonchev–Trinajstić information content (AvgIpc) is 3.17. The number of ether oxygens (including phenoxy) is 2. The Kier molecular flexibility index (Phi) is 6.94. The molecule has 4 saturated carbocycles. The number of imide groups is 1. The number of rotatable bonds is 7. The summed E-state index contributed by atoms with van der Waals surface area (Å²) in [5, 5.41) is 2.24. The molecule has 0 radical (unpaired) electrons. The topological polar surface area (TPSA) is 102 Å². The predicted molar refractivity (Wildman–Crippen MR) is 152 cm³/mol. The van der Waals surface area contributed by atoms with Gasteiger partial charge in [0.15, 0.2) is 11.5 Å². The highest BCUT2D eigenvalue weighted by molar-refractivity contribution is 8.18. The van der Waals surface area contributed by atoms with Crippen molar-refractivity contribution in [3.8, 4) is 11.5 Å². The van der Waals surface area contributed by atoms with Gasteiger partial charge >= 0.3 is 5.97 Å². The Labute approximate surface area is 237 Å². The third-order valence-electron chi connectivity index (χ3n) is 8.75. The lowest BCUT2D eigenvalue weighted by Crippen LogP contribution is -2.51. The van der Waals surface area contributed by atoms with Gasteiger partial charge < -0.3 is 14.8 Å². The molecule has 0 spiro atoms. The lowest BCUT2D eigenvalue weighted by molar-refractivity contribution is -0.161. The Bertz CT molecular complexity index is 1400. The van der Waals surface area contributed by atoms with Crippen LogP contribution in [0.3, 0.4) is 0 Å². The molecule has 0 unspecified atom stereocenters. The highest BCUT2D eigenvalue weighted by Crippen LogP contribution is 2.60. The molecule has 7 rings (SSSR count). The Morgan fingerprint density at radius 2 is 1.70 bits per heavy atom. The third kappa shape index (κ3) is 5.03. The molecule has 5 fully saturated rings. The Morgan fingerprint density at radius 1 is 1.02 bits per heavy atom. The molecule has 8 nitrogen and oxygen atoms in total. The number of aryl methyl sites for hydroxylation is 1. The van der Waals surface area contributed by atoms with E-state index >= 15 is 0 Å². The van der Waals surface area contributed by atoms with Crippen LogP contribution in [0.15, 0.2) is 47.4 Å². The summed E-state index contributed by atoms with van der Waals surface area (Å²) >= 11 is 0.781. The molecular weight excluding hydrogens is 528 g/mol. The molecule has 208 valence electrons. The number of para-hydroxylation sites is 1. The maximum absolute atomic E-state index is 13.4. The SMILES string of the molecule is COc1cc(/C=C2\SC(=O)N(CC(=O)Nc3ccccc3C)C2=O)ccc1OC(=O)C12CC3CC(CC(C3)C1)C2. The van der Waals surface area contributed by atoms with Crippen LogP contribution in [0.25, 0.3) is 6.08 Å². The van der Waals surface area contributed by atoms with Crippen LogP contribution in [-0.4, -0.2) is 41.6 Å². The number of carbonyl (C=O) groups is 4. The predicted octanol–water partition coefficient (Wildman–Crippen LogP) is 5.80. The van der Waals surface area contributed by atoms with E-state index in [-0.39, 0.29) is 22.8 Å². The van der Waals surface area contributed by atoms with Gasteiger partial charge in [-0.3, -0.25) is 24.1 Å². The molecule has 0 aromatic heterocycles. The zero-order valence-corrected chi connectivity index (χ0v) is 23.4. The molecule has 9 heteroatoms. The number of carbonyl (C=O) groups excluding carboxylic acids is 4. The van der Waals surface area contributed by atoms with E-state index < -0.39 is 17.1 Å². The van der Waals surface area contributed by atoms with Crippen LogP contribution in [0.5, 0.6) is 11.5 Å². The maximum Gasteiger partial charge on any atom is 0.317 e. The van der Waals surface area contributed by atoms with Gasteiger partial charge in [-0.2, -0.15) is 0 Å². The van der Waals surface area contributed by atoms with Crippen molar-refractivity contribution in [2.75, 3.05) is 19.0 Å². The van der Waals surface area contributed by atoms with Crippen molar-refractivity contribution in [1.82, 2.24) is 4.90 Å². The van der Waals surface area contributed by atoms with Crippen molar-refractivity contribution >= 4 is 46.5 Å². The summed E-state index contributed by atoms with van der Waals surface area (Å²) < 4.78 is 11.5. The van der Waals surface area contributed by atoms with Crippen molar-refractivity contribution in [3.05, 3.63) is 58.5 Å². The van der Waals surface area contributed by atoms with Gasteiger partial charge in [0.1, 0.15) is 6.54 Å². The first kappa shape index (κ1) is 26.6. The summed E-state index contributed by atoms with van der Waals surface area (Å²) in [6.45, 7) is 1.49. The largest absolute Gasteiger partial charge is 0.493 e.